The first kappa shape index (κ1) is 6.54. The first-order valence-corrected chi connectivity index (χ1v) is 3.84. The summed E-state index contributed by atoms with van der Waals surface area (Å²) in [4.78, 5) is 4.02. The van der Waals surface area contributed by atoms with Crippen LogP contribution in [0.2, 0.25) is 0 Å². The van der Waals surface area contributed by atoms with Crippen molar-refractivity contribution in [2.24, 2.45) is 4.99 Å². The SMILES string of the molecule is BrC1=CN(I)CN=C1. The van der Waals surface area contributed by atoms with E-state index in [1.165, 1.54) is 0 Å². The second-order valence-corrected chi connectivity index (χ2v) is 3.52. The highest BCUT2D eigenvalue weighted by Crippen LogP contribution is 2.11. The third-order valence-corrected chi connectivity index (χ3v) is 1.69. The van der Waals surface area contributed by atoms with Crippen LogP contribution >= 0.6 is 38.8 Å². The highest BCUT2D eigenvalue weighted by Gasteiger charge is 1.97. The fraction of sp³-hybridized carbons (Fsp3) is 0.250. The lowest BCUT2D eigenvalue weighted by atomic mass is 10.6. The molecule has 0 spiro atoms. The van der Waals surface area contributed by atoms with E-state index in [-0.39, 0.29) is 0 Å². The van der Waals surface area contributed by atoms with Crippen molar-refractivity contribution >= 4 is 45.0 Å². The molecule has 0 saturated carbocycles. The molecule has 0 N–H and O–H groups in total. The average molecular weight is 287 g/mol. The zero-order valence-corrected chi connectivity index (χ0v) is 7.76. The molecular formula is C4H4BrIN2. The summed E-state index contributed by atoms with van der Waals surface area (Å²) in [5.74, 6) is 0. The Hall–Kier alpha value is 0.420. The van der Waals surface area contributed by atoms with Crippen LogP contribution in [0.25, 0.3) is 0 Å². The molecule has 0 aromatic carbocycles. The topological polar surface area (TPSA) is 15.6 Å². The second kappa shape index (κ2) is 2.82. The Labute approximate surface area is 70.3 Å². The first-order chi connectivity index (χ1) is 3.79. The van der Waals surface area contributed by atoms with E-state index in [9.17, 15) is 0 Å². The largest absolute Gasteiger partial charge is 0.300 e. The third-order valence-electron chi connectivity index (χ3n) is 0.695. The molecule has 0 radical (unpaired) electrons. The molecule has 0 aromatic rings. The Morgan fingerprint density at radius 3 is 3.00 bits per heavy atom. The van der Waals surface area contributed by atoms with Crippen LogP contribution in [0.3, 0.4) is 0 Å². The monoisotopic (exact) mass is 286 g/mol. The number of hydrogen-bond acceptors (Lipinski definition) is 2. The molecular weight excluding hydrogens is 283 g/mol. The number of aliphatic imine (C=N–C) groups is 1. The van der Waals surface area contributed by atoms with E-state index in [1.807, 2.05) is 9.31 Å². The van der Waals surface area contributed by atoms with Crippen LogP contribution in [-0.4, -0.2) is 16.0 Å². The van der Waals surface area contributed by atoms with Crippen LogP contribution in [0.15, 0.2) is 15.7 Å². The molecule has 0 saturated heterocycles. The maximum atomic E-state index is 4.02. The summed E-state index contributed by atoms with van der Waals surface area (Å²) >= 11 is 5.48. The highest BCUT2D eigenvalue weighted by molar-refractivity contribution is 14.1. The number of hydrogen-bond donors (Lipinski definition) is 0. The normalized spacial score (nSPS) is 18.8. The Bertz CT molecular complexity index is 143. The maximum absolute atomic E-state index is 4.02. The Morgan fingerprint density at radius 2 is 2.62 bits per heavy atom. The van der Waals surface area contributed by atoms with Gasteiger partial charge in [-0.2, -0.15) is 0 Å². The Kier molecular flexibility index (Phi) is 2.30. The smallest absolute Gasteiger partial charge is 0.118 e. The van der Waals surface area contributed by atoms with Crippen molar-refractivity contribution in [3.8, 4) is 0 Å². The number of halogens is 2. The van der Waals surface area contributed by atoms with Gasteiger partial charge in [0.1, 0.15) is 6.67 Å². The standard InChI is InChI=1S/C4H4BrIN2/c5-4-1-7-3-8(6)2-4/h1-2H,3H2. The average Bonchev–Trinajstić information content (AvgIpc) is 1.64. The maximum Gasteiger partial charge on any atom is 0.118 e. The summed E-state index contributed by atoms with van der Waals surface area (Å²) in [6.45, 7) is 0.760. The van der Waals surface area contributed by atoms with E-state index in [0.29, 0.717) is 0 Å². The Morgan fingerprint density at radius 1 is 1.88 bits per heavy atom. The minimum atomic E-state index is 0.760. The van der Waals surface area contributed by atoms with E-state index in [2.05, 4.69) is 43.8 Å². The summed E-state index contributed by atoms with van der Waals surface area (Å²) in [6.07, 6.45) is 3.78. The summed E-state index contributed by atoms with van der Waals surface area (Å²) in [6, 6.07) is 0. The molecule has 0 aromatic heterocycles. The summed E-state index contributed by atoms with van der Waals surface area (Å²) in [7, 11) is 0. The summed E-state index contributed by atoms with van der Waals surface area (Å²) < 4.78 is 3.00. The fourth-order valence-corrected chi connectivity index (χ4v) is 1.66. The van der Waals surface area contributed by atoms with Crippen LogP contribution < -0.4 is 0 Å². The summed E-state index contributed by atoms with van der Waals surface area (Å²) in [5, 5.41) is 0. The Balaban J connectivity index is 2.63. The lowest BCUT2D eigenvalue weighted by molar-refractivity contribution is 0.682. The van der Waals surface area contributed by atoms with Crippen molar-refractivity contribution in [2.45, 2.75) is 0 Å². The van der Waals surface area contributed by atoms with Crippen LogP contribution in [0.4, 0.5) is 0 Å². The van der Waals surface area contributed by atoms with Gasteiger partial charge in [-0.3, -0.25) is 8.11 Å². The number of nitrogens with zero attached hydrogens (tertiary/aromatic N) is 2. The second-order valence-electron chi connectivity index (χ2n) is 1.37. The first-order valence-electron chi connectivity index (χ1n) is 2.08. The predicted octanol–water partition coefficient (Wildman–Crippen LogP) is 1.92. The molecule has 0 amide bonds. The molecule has 1 rings (SSSR count). The molecule has 0 bridgehead atoms. The van der Waals surface area contributed by atoms with Gasteiger partial charge in [0.25, 0.3) is 0 Å². The zero-order chi connectivity index (χ0) is 5.98. The van der Waals surface area contributed by atoms with Gasteiger partial charge in [-0.15, -0.1) is 0 Å². The minimum absolute atomic E-state index is 0.760. The van der Waals surface area contributed by atoms with Crippen LogP contribution in [-0.2, 0) is 0 Å². The van der Waals surface area contributed by atoms with Gasteiger partial charge in [0.15, 0.2) is 0 Å². The highest BCUT2D eigenvalue weighted by atomic mass is 127. The van der Waals surface area contributed by atoms with Crippen LogP contribution in [0, 0.1) is 0 Å². The van der Waals surface area contributed by atoms with Gasteiger partial charge in [0.2, 0.25) is 0 Å². The third kappa shape index (κ3) is 1.74. The van der Waals surface area contributed by atoms with Crippen LogP contribution in [0.1, 0.15) is 0 Å². The number of rotatable bonds is 0. The van der Waals surface area contributed by atoms with Gasteiger partial charge in [-0.05, 0) is 15.9 Å². The predicted molar refractivity (Wildman–Crippen MR) is 46.2 cm³/mol. The molecule has 0 unspecified atom stereocenters. The fourth-order valence-electron chi connectivity index (χ4n) is 0.414. The molecule has 0 fully saturated rings. The molecule has 4 heteroatoms. The molecule has 0 aliphatic carbocycles. The lowest BCUT2D eigenvalue weighted by Gasteiger charge is -2.10. The minimum Gasteiger partial charge on any atom is -0.300 e. The number of allylic oxidation sites excluding steroid dienone is 1. The van der Waals surface area contributed by atoms with E-state index < -0.39 is 0 Å². The molecule has 8 heavy (non-hydrogen) atoms. The van der Waals surface area contributed by atoms with Gasteiger partial charge >= 0.3 is 0 Å². The van der Waals surface area contributed by atoms with E-state index in [0.717, 1.165) is 11.2 Å². The van der Waals surface area contributed by atoms with E-state index >= 15 is 0 Å². The molecule has 2 nitrogen and oxygen atoms in total. The van der Waals surface area contributed by atoms with Gasteiger partial charge in [-0.1, -0.05) is 0 Å². The van der Waals surface area contributed by atoms with E-state index in [1.54, 1.807) is 6.21 Å². The van der Waals surface area contributed by atoms with Crippen molar-refractivity contribution in [3.63, 3.8) is 0 Å². The van der Waals surface area contributed by atoms with Crippen molar-refractivity contribution in [3.05, 3.63) is 10.7 Å². The van der Waals surface area contributed by atoms with Crippen LogP contribution in [0.5, 0.6) is 0 Å². The van der Waals surface area contributed by atoms with Gasteiger partial charge < -0.3 is 0 Å². The van der Waals surface area contributed by atoms with Crippen molar-refractivity contribution < 1.29 is 0 Å². The summed E-state index contributed by atoms with van der Waals surface area (Å²) in [5.41, 5.74) is 0. The lowest BCUT2D eigenvalue weighted by Crippen LogP contribution is -2.07. The molecule has 1 heterocycles. The van der Waals surface area contributed by atoms with Crippen molar-refractivity contribution in [2.75, 3.05) is 6.67 Å². The van der Waals surface area contributed by atoms with Gasteiger partial charge in [0.05, 0.1) is 27.3 Å². The van der Waals surface area contributed by atoms with E-state index in [4.69, 9.17) is 0 Å². The molecule has 44 valence electrons. The van der Waals surface area contributed by atoms with Crippen molar-refractivity contribution in [1.82, 2.24) is 3.11 Å². The van der Waals surface area contributed by atoms with Gasteiger partial charge in [0, 0.05) is 12.4 Å². The quantitative estimate of drug-likeness (QED) is 0.491. The van der Waals surface area contributed by atoms with Gasteiger partial charge in [-0.25, -0.2) is 0 Å². The molecule has 1 aliphatic rings. The molecule has 1 aliphatic heterocycles. The zero-order valence-electron chi connectivity index (χ0n) is 4.01. The van der Waals surface area contributed by atoms with Crippen molar-refractivity contribution in [1.29, 1.82) is 0 Å². The molecule has 0 atom stereocenters.